The number of nitrogens with zero attached hydrogens (tertiary/aromatic N) is 2. The zero-order valence-electron chi connectivity index (χ0n) is 14.5. The van der Waals surface area contributed by atoms with Gasteiger partial charge in [-0.15, -0.1) is 0 Å². The van der Waals surface area contributed by atoms with E-state index in [0.717, 1.165) is 23.9 Å². The Labute approximate surface area is 152 Å². The third-order valence-corrected chi connectivity index (χ3v) is 6.17. The van der Waals surface area contributed by atoms with E-state index in [1.165, 1.54) is 18.0 Å². The summed E-state index contributed by atoms with van der Waals surface area (Å²) >= 11 is 6.19. The number of piperidine rings is 3. The van der Waals surface area contributed by atoms with Crippen molar-refractivity contribution >= 4 is 29.1 Å². The monoisotopic (exact) mass is 364 g/mol. The van der Waals surface area contributed by atoms with Crippen LogP contribution in [0.15, 0.2) is 12.1 Å². The van der Waals surface area contributed by atoms with Crippen molar-refractivity contribution in [1.82, 2.24) is 5.32 Å². The molecule has 2 bridgehead atoms. The highest BCUT2D eigenvalue weighted by Crippen LogP contribution is 2.38. The van der Waals surface area contributed by atoms with E-state index >= 15 is 0 Å². The highest BCUT2D eigenvalue weighted by molar-refractivity contribution is 6.31. The molecule has 1 N–H and O–H groups in total. The lowest BCUT2D eigenvalue weighted by Gasteiger charge is -2.50. The first-order chi connectivity index (χ1) is 11.9. The average molecular weight is 365 g/mol. The molecular weight excluding hydrogens is 342 g/mol. The van der Waals surface area contributed by atoms with Crippen LogP contribution in [0.1, 0.15) is 23.2 Å². The predicted octanol–water partition coefficient (Wildman–Crippen LogP) is 1.66. The van der Waals surface area contributed by atoms with Gasteiger partial charge < -0.3 is 19.4 Å². The Bertz CT molecular complexity index is 743. The topological polar surface area (TPSA) is 58.6 Å². The summed E-state index contributed by atoms with van der Waals surface area (Å²) in [4.78, 5) is 26.3. The summed E-state index contributed by atoms with van der Waals surface area (Å²) < 4.78 is 6.60. The van der Waals surface area contributed by atoms with E-state index in [1.54, 1.807) is 19.2 Å². The Morgan fingerprint density at radius 1 is 1.36 bits per heavy atom. The first-order valence-electron chi connectivity index (χ1n) is 8.74. The van der Waals surface area contributed by atoms with Crippen molar-refractivity contribution in [3.8, 4) is 5.75 Å². The number of fused-ring (bicyclic) bond motifs is 4. The van der Waals surface area contributed by atoms with Crippen LogP contribution in [0.5, 0.6) is 5.75 Å². The van der Waals surface area contributed by atoms with Gasteiger partial charge in [-0.1, -0.05) is 11.6 Å². The van der Waals surface area contributed by atoms with E-state index < -0.39 is 0 Å². The maximum atomic E-state index is 12.9. The minimum atomic E-state index is -0.174. The molecule has 1 unspecified atom stereocenters. The van der Waals surface area contributed by atoms with Gasteiger partial charge in [-0.3, -0.25) is 9.59 Å². The lowest BCUT2D eigenvalue weighted by molar-refractivity contribution is -0.925. The quantitative estimate of drug-likeness (QED) is 0.812. The molecule has 4 aliphatic rings. The number of ether oxygens (including phenoxy) is 1. The molecule has 0 radical (unpaired) electrons. The second kappa shape index (κ2) is 5.88. The van der Waals surface area contributed by atoms with Gasteiger partial charge in [-0.05, 0) is 18.1 Å². The summed E-state index contributed by atoms with van der Waals surface area (Å²) in [6.45, 7) is 3.30. The number of hydrogen-bond donors (Lipinski definition) is 1. The molecule has 0 aliphatic carbocycles. The zero-order valence-corrected chi connectivity index (χ0v) is 15.3. The van der Waals surface area contributed by atoms with Gasteiger partial charge in [-0.25, -0.2) is 0 Å². The predicted molar refractivity (Wildman–Crippen MR) is 95.1 cm³/mol. The van der Waals surface area contributed by atoms with E-state index in [2.05, 4.69) is 12.4 Å². The maximum Gasteiger partial charge on any atom is 0.264 e. The Kier molecular flexibility index (Phi) is 3.92. The molecule has 1 aromatic carbocycles. The van der Waals surface area contributed by atoms with Crippen LogP contribution in [0, 0.1) is 5.92 Å². The molecule has 0 spiro atoms. The largest absolute Gasteiger partial charge is 0.481 e. The van der Waals surface area contributed by atoms with Crippen molar-refractivity contribution in [2.75, 3.05) is 45.2 Å². The van der Waals surface area contributed by atoms with Crippen molar-refractivity contribution in [1.29, 1.82) is 0 Å². The summed E-state index contributed by atoms with van der Waals surface area (Å²) in [6, 6.07) is 3.46. The molecular formula is C18H23ClN3O3+. The number of nitrogens with one attached hydrogen (secondary N) is 1. The number of hydrogen-bond acceptors (Lipinski definition) is 3. The van der Waals surface area contributed by atoms with E-state index in [4.69, 9.17) is 16.3 Å². The highest BCUT2D eigenvalue weighted by Gasteiger charge is 2.44. The van der Waals surface area contributed by atoms with Crippen molar-refractivity contribution in [2.45, 2.75) is 18.9 Å². The summed E-state index contributed by atoms with van der Waals surface area (Å²) in [5.74, 6) is 0.650. The number of amides is 2. The van der Waals surface area contributed by atoms with Crippen molar-refractivity contribution in [2.24, 2.45) is 5.92 Å². The Morgan fingerprint density at radius 2 is 2.08 bits per heavy atom. The number of likely N-dealkylation sites (N-methyl/N-ethyl adjacent to an activating group) is 2. The number of anilines is 1. The number of benzene rings is 1. The van der Waals surface area contributed by atoms with Crippen LogP contribution in [-0.4, -0.2) is 62.7 Å². The second-order valence-electron chi connectivity index (χ2n) is 7.71. The summed E-state index contributed by atoms with van der Waals surface area (Å²) in [6.07, 6.45) is 2.31. The standard InChI is InChI=1S/C18H22ClN3O3/c1-21-15-8-12(19)7-13(17(15)25-10-16(21)23)18(24)20-14-9-22(2)5-3-11(14)4-6-22/h7-8,11,14H,3-6,9-10H2,1-2H3/p+1. The number of halogens is 1. The van der Waals surface area contributed by atoms with E-state index in [0.29, 0.717) is 27.9 Å². The Balaban J connectivity index is 1.61. The third-order valence-electron chi connectivity index (χ3n) is 5.96. The Morgan fingerprint density at radius 3 is 2.76 bits per heavy atom. The molecule has 2 amide bonds. The third kappa shape index (κ3) is 2.87. The van der Waals surface area contributed by atoms with E-state index in [-0.39, 0.29) is 24.5 Å². The summed E-state index contributed by atoms with van der Waals surface area (Å²) in [5.41, 5.74) is 0.947. The lowest BCUT2D eigenvalue weighted by Crippen LogP contribution is -2.65. The van der Waals surface area contributed by atoms with Crippen molar-refractivity contribution < 1.29 is 18.8 Å². The first kappa shape index (κ1) is 16.7. The average Bonchev–Trinajstić information content (AvgIpc) is 2.58. The SMILES string of the molecule is CN1C(=O)COc2c(C(=O)NC3C[N+]4(C)CCC3CC4)cc(Cl)cc21. The molecule has 4 heterocycles. The molecule has 0 aromatic heterocycles. The van der Waals surface area contributed by atoms with Gasteiger partial charge in [0, 0.05) is 24.9 Å². The molecule has 134 valence electrons. The van der Waals surface area contributed by atoms with Gasteiger partial charge in [0.15, 0.2) is 12.4 Å². The fraction of sp³-hybridized carbons (Fsp3) is 0.556. The van der Waals surface area contributed by atoms with Gasteiger partial charge >= 0.3 is 0 Å². The summed E-state index contributed by atoms with van der Waals surface area (Å²) in [5, 5.41) is 3.62. The normalized spacial score (nSPS) is 30.7. The number of carbonyl (C=O) groups excluding carboxylic acids is 2. The fourth-order valence-corrected chi connectivity index (χ4v) is 4.56. The number of rotatable bonds is 2. The molecule has 4 aliphatic heterocycles. The molecule has 5 rings (SSSR count). The van der Waals surface area contributed by atoms with Crippen LogP contribution < -0.4 is 15.0 Å². The second-order valence-corrected chi connectivity index (χ2v) is 8.15. The molecule has 3 saturated heterocycles. The van der Waals surface area contributed by atoms with Crippen LogP contribution in [-0.2, 0) is 4.79 Å². The van der Waals surface area contributed by atoms with Crippen LogP contribution in [0.3, 0.4) is 0 Å². The molecule has 6 nitrogen and oxygen atoms in total. The van der Waals surface area contributed by atoms with Gasteiger partial charge in [0.1, 0.15) is 0 Å². The zero-order chi connectivity index (χ0) is 17.8. The maximum absolute atomic E-state index is 12.9. The van der Waals surface area contributed by atoms with Crippen LogP contribution in [0.2, 0.25) is 5.02 Å². The molecule has 0 saturated carbocycles. The van der Waals surface area contributed by atoms with Gasteiger partial charge in [0.2, 0.25) is 0 Å². The van der Waals surface area contributed by atoms with E-state index in [9.17, 15) is 9.59 Å². The molecule has 25 heavy (non-hydrogen) atoms. The van der Waals surface area contributed by atoms with Gasteiger partial charge in [-0.2, -0.15) is 0 Å². The van der Waals surface area contributed by atoms with Crippen LogP contribution in [0.4, 0.5) is 5.69 Å². The molecule has 1 aromatic rings. The minimum absolute atomic E-state index is 0.0631. The molecule has 3 fully saturated rings. The minimum Gasteiger partial charge on any atom is -0.481 e. The van der Waals surface area contributed by atoms with Crippen LogP contribution >= 0.6 is 11.6 Å². The number of carbonyl (C=O) groups is 2. The van der Waals surface area contributed by atoms with Crippen LogP contribution in [0.25, 0.3) is 0 Å². The molecule has 7 heteroatoms. The van der Waals surface area contributed by atoms with E-state index in [1.807, 2.05) is 0 Å². The van der Waals surface area contributed by atoms with Crippen molar-refractivity contribution in [3.63, 3.8) is 0 Å². The smallest absolute Gasteiger partial charge is 0.264 e. The summed E-state index contributed by atoms with van der Waals surface area (Å²) in [7, 11) is 3.93. The Hall–Kier alpha value is -1.79. The molecule has 1 atom stereocenters. The first-order valence-corrected chi connectivity index (χ1v) is 9.11. The lowest BCUT2D eigenvalue weighted by atomic mass is 9.82. The van der Waals surface area contributed by atoms with Gasteiger partial charge in [0.25, 0.3) is 11.8 Å². The fourth-order valence-electron chi connectivity index (χ4n) is 4.34. The highest BCUT2D eigenvalue weighted by atomic mass is 35.5. The van der Waals surface area contributed by atoms with Crippen molar-refractivity contribution in [3.05, 3.63) is 22.7 Å². The van der Waals surface area contributed by atoms with Gasteiger partial charge in [0.05, 0.1) is 44.0 Å². The number of quaternary nitrogens is 1.